The molecule has 106 valence electrons. The molecule has 0 atom stereocenters. The molecule has 6 nitrogen and oxygen atoms in total. The molecule has 1 amide bonds. The number of nitrogens with two attached hydrogens (primary N) is 2. The second kappa shape index (κ2) is 4.78. The molecule has 1 aromatic carbocycles. The van der Waals surface area contributed by atoms with Gasteiger partial charge in [0.15, 0.2) is 0 Å². The van der Waals surface area contributed by atoms with Crippen molar-refractivity contribution in [3.8, 4) is 5.69 Å². The zero-order valence-corrected chi connectivity index (χ0v) is 11.2. The fourth-order valence-corrected chi connectivity index (χ4v) is 2.05. The normalized spacial score (nSPS) is 11.6. The molecule has 20 heavy (non-hydrogen) atoms. The molecular formula is C10H7BrF3N5O. The number of nitrogen functional groups attached to an aromatic ring is 1. The monoisotopic (exact) mass is 349 g/mol. The van der Waals surface area contributed by atoms with Gasteiger partial charge in [0.2, 0.25) is 16.6 Å². The Kier molecular flexibility index (Phi) is 3.42. The summed E-state index contributed by atoms with van der Waals surface area (Å²) in [4.78, 5) is 14.8. The van der Waals surface area contributed by atoms with Crippen LogP contribution in [0.5, 0.6) is 0 Å². The SMILES string of the molecule is NC(=O)c1ccc(-n2nc(N)nc2Br)cc1C(F)(F)F. The second-order valence-electron chi connectivity index (χ2n) is 3.74. The third-order valence-corrected chi connectivity index (χ3v) is 2.92. The van der Waals surface area contributed by atoms with Crippen LogP contribution < -0.4 is 11.5 Å². The summed E-state index contributed by atoms with van der Waals surface area (Å²) in [6.45, 7) is 0. The van der Waals surface area contributed by atoms with Crippen LogP contribution in [0.3, 0.4) is 0 Å². The summed E-state index contributed by atoms with van der Waals surface area (Å²) in [5, 5.41) is 3.73. The quantitative estimate of drug-likeness (QED) is 0.862. The topological polar surface area (TPSA) is 99.8 Å². The van der Waals surface area contributed by atoms with Gasteiger partial charge < -0.3 is 11.5 Å². The lowest BCUT2D eigenvalue weighted by molar-refractivity contribution is -0.137. The Labute approximate surface area is 118 Å². The van der Waals surface area contributed by atoms with Crippen LogP contribution >= 0.6 is 15.9 Å². The molecule has 0 aliphatic rings. The summed E-state index contributed by atoms with van der Waals surface area (Å²) in [5.74, 6) is -1.27. The number of halogens is 4. The number of benzene rings is 1. The van der Waals surface area contributed by atoms with E-state index in [1.807, 2.05) is 0 Å². The Morgan fingerprint density at radius 3 is 2.45 bits per heavy atom. The van der Waals surface area contributed by atoms with Gasteiger partial charge in [-0.25, -0.2) is 4.68 Å². The lowest BCUT2D eigenvalue weighted by Gasteiger charge is -2.12. The third kappa shape index (κ3) is 2.59. The largest absolute Gasteiger partial charge is 0.417 e. The molecule has 0 aliphatic heterocycles. The predicted molar refractivity (Wildman–Crippen MR) is 67.0 cm³/mol. The van der Waals surface area contributed by atoms with Gasteiger partial charge in [-0.3, -0.25) is 4.79 Å². The van der Waals surface area contributed by atoms with Crippen LogP contribution in [0.1, 0.15) is 15.9 Å². The summed E-state index contributed by atoms with van der Waals surface area (Å²) >= 11 is 3.01. The molecule has 0 spiro atoms. The van der Waals surface area contributed by atoms with Crippen molar-refractivity contribution < 1.29 is 18.0 Å². The van der Waals surface area contributed by atoms with E-state index in [-0.39, 0.29) is 16.4 Å². The van der Waals surface area contributed by atoms with E-state index in [0.717, 1.165) is 16.8 Å². The van der Waals surface area contributed by atoms with Crippen molar-refractivity contribution in [2.45, 2.75) is 6.18 Å². The zero-order chi connectivity index (χ0) is 15.1. The molecule has 4 N–H and O–H groups in total. The van der Waals surface area contributed by atoms with Gasteiger partial charge in [0, 0.05) is 0 Å². The first-order valence-corrected chi connectivity index (χ1v) is 5.89. The Morgan fingerprint density at radius 1 is 1.35 bits per heavy atom. The molecular weight excluding hydrogens is 343 g/mol. The van der Waals surface area contributed by atoms with E-state index in [1.54, 1.807) is 0 Å². The number of anilines is 1. The molecule has 0 aliphatic carbocycles. The van der Waals surface area contributed by atoms with Crippen molar-refractivity contribution in [1.29, 1.82) is 0 Å². The standard InChI is InChI=1S/C10H7BrF3N5O/c11-8-17-9(16)18-19(8)4-1-2-5(7(15)20)6(3-4)10(12,13)14/h1-3H,(H2,15,20)(H2,16,18). The second-order valence-corrected chi connectivity index (χ2v) is 4.45. The maximum absolute atomic E-state index is 12.9. The van der Waals surface area contributed by atoms with Gasteiger partial charge in [-0.2, -0.15) is 18.2 Å². The van der Waals surface area contributed by atoms with E-state index in [2.05, 4.69) is 26.0 Å². The van der Waals surface area contributed by atoms with Crippen LogP contribution in [0.4, 0.5) is 19.1 Å². The molecule has 0 radical (unpaired) electrons. The van der Waals surface area contributed by atoms with Gasteiger partial charge in [-0.05, 0) is 34.1 Å². The number of primary amides is 1. The van der Waals surface area contributed by atoms with Gasteiger partial charge in [0.05, 0.1) is 16.8 Å². The highest BCUT2D eigenvalue weighted by Gasteiger charge is 2.35. The lowest BCUT2D eigenvalue weighted by atomic mass is 10.1. The van der Waals surface area contributed by atoms with Crippen LogP contribution in [0, 0.1) is 0 Å². The number of hydrogen-bond donors (Lipinski definition) is 2. The highest BCUT2D eigenvalue weighted by Crippen LogP contribution is 2.33. The minimum atomic E-state index is -4.72. The summed E-state index contributed by atoms with van der Waals surface area (Å²) in [6, 6.07) is 2.98. The van der Waals surface area contributed by atoms with Crippen LogP contribution in [0.2, 0.25) is 0 Å². The maximum atomic E-state index is 12.9. The number of carbonyl (C=O) groups is 1. The molecule has 1 heterocycles. The van der Waals surface area contributed by atoms with Crippen molar-refractivity contribution >= 4 is 27.8 Å². The molecule has 1 aromatic heterocycles. The summed E-state index contributed by atoms with van der Waals surface area (Å²) < 4.78 is 40.0. The number of alkyl halides is 3. The highest BCUT2D eigenvalue weighted by molar-refractivity contribution is 9.10. The molecule has 2 aromatic rings. The minimum absolute atomic E-state index is 0.0402. The smallest absolute Gasteiger partial charge is 0.366 e. The van der Waals surface area contributed by atoms with Crippen molar-refractivity contribution in [3.05, 3.63) is 34.1 Å². The van der Waals surface area contributed by atoms with Gasteiger partial charge in [0.25, 0.3) is 0 Å². The fraction of sp³-hybridized carbons (Fsp3) is 0.100. The van der Waals surface area contributed by atoms with E-state index >= 15 is 0 Å². The summed E-state index contributed by atoms with van der Waals surface area (Å²) in [5.41, 5.74) is 8.55. The first kappa shape index (κ1) is 14.3. The van der Waals surface area contributed by atoms with Gasteiger partial charge in [-0.15, -0.1) is 5.10 Å². The van der Waals surface area contributed by atoms with Crippen LogP contribution in [0.15, 0.2) is 22.9 Å². The molecule has 0 saturated heterocycles. The molecule has 0 saturated carbocycles. The predicted octanol–water partition coefficient (Wildman–Crippen LogP) is 1.73. The summed E-state index contributed by atoms with van der Waals surface area (Å²) in [7, 11) is 0. The average molecular weight is 350 g/mol. The molecule has 2 rings (SSSR count). The van der Waals surface area contributed by atoms with Crippen LogP contribution in [-0.2, 0) is 6.18 Å². The van der Waals surface area contributed by atoms with Gasteiger partial charge in [-0.1, -0.05) is 0 Å². The number of aromatic nitrogens is 3. The van der Waals surface area contributed by atoms with Crippen molar-refractivity contribution in [2.24, 2.45) is 5.73 Å². The van der Waals surface area contributed by atoms with E-state index in [4.69, 9.17) is 11.5 Å². The maximum Gasteiger partial charge on any atom is 0.417 e. The van der Waals surface area contributed by atoms with E-state index in [1.165, 1.54) is 6.07 Å². The molecule has 0 unspecified atom stereocenters. The Morgan fingerprint density at radius 2 is 2.00 bits per heavy atom. The number of nitrogens with zero attached hydrogens (tertiary/aromatic N) is 3. The average Bonchev–Trinajstić information content (AvgIpc) is 2.66. The number of hydrogen-bond acceptors (Lipinski definition) is 4. The first-order valence-electron chi connectivity index (χ1n) is 5.09. The van der Waals surface area contributed by atoms with Gasteiger partial charge in [0.1, 0.15) is 0 Å². The highest BCUT2D eigenvalue weighted by atomic mass is 79.9. The molecule has 0 bridgehead atoms. The number of rotatable bonds is 2. The van der Waals surface area contributed by atoms with Gasteiger partial charge >= 0.3 is 6.18 Å². The number of amides is 1. The zero-order valence-electron chi connectivity index (χ0n) is 9.65. The third-order valence-electron chi connectivity index (χ3n) is 2.40. The van der Waals surface area contributed by atoms with Crippen molar-refractivity contribution in [1.82, 2.24) is 14.8 Å². The van der Waals surface area contributed by atoms with E-state index < -0.39 is 23.2 Å². The van der Waals surface area contributed by atoms with E-state index in [9.17, 15) is 18.0 Å². The van der Waals surface area contributed by atoms with Crippen LogP contribution in [0.25, 0.3) is 5.69 Å². The Balaban J connectivity index is 2.64. The minimum Gasteiger partial charge on any atom is -0.366 e. The Bertz CT molecular complexity index is 682. The van der Waals surface area contributed by atoms with E-state index in [0.29, 0.717) is 0 Å². The van der Waals surface area contributed by atoms with Crippen LogP contribution in [-0.4, -0.2) is 20.7 Å². The molecule has 0 fully saturated rings. The molecule has 10 heteroatoms. The lowest BCUT2D eigenvalue weighted by Crippen LogP contribution is -2.19. The van der Waals surface area contributed by atoms with Crippen molar-refractivity contribution in [2.75, 3.05) is 5.73 Å². The van der Waals surface area contributed by atoms with Crippen molar-refractivity contribution in [3.63, 3.8) is 0 Å². The number of carbonyl (C=O) groups excluding carboxylic acids is 1. The summed E-state index contributed by atoms with van der Waals surface area (Å²) in [6.07, 6.45) is -4.72. The Hall–Kier alpha value is -2.10. The first-order chi connectivity index (χ1) is 9.20. The fourth-order valence-electron chi connectivity index (χ4n) is 1.59.